The molecule has 0 aliphatic heterocycles. The maximum Gasteiger partial charge on any atom is 0.222 e. The number of hydrogen-bond donors (Lipinski definition) is 4. The topological polar surface area (TPSA) is 89.8 Å². The van der Waals surface area contributed by atoms with E-state index in [0.717, 1.165) is 25.7 Å². The number of amides is 1. The van der Waals surface area contributed by atoms with Crippen molar-refractivity contribution in [3.8, 4) is 0 Å². The largest absolute Gasteiger partial charge is 0.394 e. The summed E-state index contributed by atoms with van der Waals surface area (Å²) in [6, 6.07) is -0.653. The lowest BCUT2D eigenvalue weighted by Gasteiger charge is -2.23. The summed E-state index contributed by atoms with van der Waals surface area (Å²) in [5.74, 6) is -0.276. The van der Waals surface area contributed by atoms with Gasteiger partial charge >= 0.3 is 0 Å². The molecule has 3 unspecified atom stereocenters. The number of rotatable bonds is 56. The van der Waals surface area contributed by atoms with Crippen molar-refractivity contribution in [3.63, 3.8) is 0 Å². The molecule has 0 aliphatic rings. The molecule has 5 heteroatoms. The van der Waals surface area contributed by atoms with Gasteiger partial charge in [0.1, 0.15) is 0 Å². The molecule has 0 fully saturated rings. The van der Waals surface area contributed by atoms with Crippen LogP contribution >= 0.6 is 0 Å². The van der Waals surface area contributed by atoms with E-state index in [1.54, 1.807) is 0 Å². The quantitative estimate of drug-likeness (QED) is 0.0458. The second-order valence-electron chi connectivity index (χ2n) is 21.0. The minimum Gasteiger partial charge on any atom is -0.394 e. The Morgan fingerprint density at radius 1 is 0.328 bits per heavy atom. The molecule has 0 saturated carbocycles. The fourth-order valence-electron chi connectivity index (χ4n) is 9.88. The second-order valence-corrected chi connectivity index (χ2v) is 21.0. The lowest BCUT2D eigenvalue weighted by Crippen LogP contribution is -2.46. The minimum absolute atomic E-state index is 0.0432. The lowest BCUT2D eigenvalue weighted by molar-refractivity contribution is -0.125. The third-order valence-corrected chi connectivity index (χ3v) is 14.4. The number of aliphatic hydroxyl groups excluding tert-OH is 3. The molecule has 0 aromatic carbocycles. The first kappa shape index (κ1) is 63.4. The van der Waals surface area contributed by atoms with Crippen molar-refractivity contribution in [1.29, 1.82) is 0 Å². The molecule has 0 radical (unpaired) electrons. The zero-order valence-corrected chi connectivity index (χ0v) is 44.0. The van der Waals surface area contributed by atoms with E-state index < -0.39 is 18.2 Å². The van der Waals surface area contributed by atoms with Gasteiger partial charge in [-0.15, -0.1) is 0 Å². The summed E-state index contributed by atoms with van der Waals surface area (Å²) in [6.07, 6.45) is 67.3. The van der Waals surface area contributed by atoms with E-state index in [1.165, 1.54) is 289 Å². The summed E-state index contributed by atoms with van der Waals surface area (Å²) in [4.78, 5) is 12.5. The van der Waals surface area contributed by atoms with Crippen LogP contribution in [-0.4, -0.2) is 46.1 Å². The Bertz CT molecular complexity index is 868. The van der Waals surface area contributed by atoms with Crippen molar-refractivity contribution in [2.45, 2.75) is 366 Å². The van der Waals surface area contributed by atoms with E-state index in [1.807, 2.05) is 0 Å². The molecular weight excluding hydrogens is 787 g/mol. The normalized spacial score (nSPS) is 13.1. The van der Waals surface area contributed by atoms with Crippen LogP contribution in [0.5, 0.6) is 0 Å². The number of carbonyl (C=O) groups is 1. The summed E-state index contributed by atoms with van der Waals surface area (Å²) in [7, 11) is 0. The minimum atomic E-state index is -0.744. The van der Waals surface area contributed by atoms with E-state index >= 15 is 0 Å². The highest BCUT2D eigenvalue weighted by Gasteiger charge is 2.21. The summed E-state index contributed by atoms with van der Waals surface area (Å²) >= 11 is 0. The monoisotopic (exact) mass is 906 g/mol. The van der Waals surface area contributed by atoms with E-state index in [2.05, 4.69) is 19.2 Å². The van der Waals surface area contributed by atoms with Gasteiger partial charge in [-0.05, 0) is 12.8 Å². The molecule has 0 aromatic rings. The van der Waals surface area contributed by atoms with Gasteiger partial charge in [-0.25, -0.2) is 0 Å². The number of aliphatic hydroxyl groups is 3. The van der Waals surface area contributed by atoms with Gasteiger partial charge in [-0.1, -0.05) is 328 Å². The zero-order valence-electron chi connectivity index (χ0n) is 44.0. The van der Waals surface area contributed by atoms with Gasteiger partial charge in [0, 0.05) is 0 Å². The summed E-state index contributed by atoms with van der Waals surface area (Å²) in [5, 5.41) is 33.5. The first-order chi connectivity index (χ1) is 31.5. The van der Waals surface area contributed by atoms with E-state index in [4.69, 9.17) is 0 Å². The average molecular weight is 907 g/mol. The second kappa shape index (κ2) is 55.0. The molecule has 0 spiro atoms. The maximum atomic E-state index is 12.5. The van der Waals surface area contributed by atoms with E-state index in [0.29, 0.717) is 12.8 Å². The van der Waals surface area contributed by atoms with Gasteiger partial charge < -0.3 is 20.6 Å². The molecule has 384 valence electrons. The highest BCUT2D eigenvalue weighted by Crippen LogP contribution is 2.19. The third-order valence-electron chi connectivity index (χ3n) is 14.4. The Labute approximate surface area is 402 Å². The Kier molecular flexibility index (Phi) is 54.4. The zero-order chi connectivity index (χ0) is 46.5. The summed E-state index contributed by atoms with van der Waals surface area (Å²) < 4.78 is 0. The molecule has 4 N–H and O–H groups in total. The Hall–Kier alpha value is -0.650. The molecule has 0 saturated heterocycles. The molecule has 3 atom stereocenters. The number of hydrogen-bond acceptors (Lipinski definition) is 4. The molecule has 1 amide bonds. The van der Waals surface area contributed by atoms with Crippen LogP contribution in [0.25, 0.3) is 0 Å². The van der Waals surface area contributed by atoms with Crippen LogP contribution in [0.2, 0.25) is 0 Å². The number of nitrogens with one attached hydrogen (secondary N) is 1. The number of carbonyl (C=O) groups excluding carboxylic acids is 1. The van der Waals surface area contributed by atoms with Crippen molar-refractivity contribution in [2.24, 2.45) is 0 Å². The predicted molar refractivity (Wildman–Crippen MR) is 282 cm³/mol. The van der Waals surface area contributed by atoms with E-state index in [-0.39, 0.29) is 18.9 Å². The Morgan fingerprint density at radius 3 is 0.750 bits per heavy atom. The van der Waals surface area contributed by atoms with Gasteiger partial charge in [0.05, 0.1) is 31.3 Å². The molecule has 0 rings (SSSR count). The summed E-state index contributed by atoms with van der Waals surface area (Å²) in [5.41, 5.74) is 0. The number of unbranched alkanes of at least 4 members (excludes halogenated alkanes) is 47. The smallest absolute Gasteiger partial charge is 0.222 e. The van der Waals surface area contributed by atoms with Crippen molar-refractivity contribution < 1.29 is 20.1 Å². The van der Waals surface area contributed by atoms with Crippen LogP contribution in [0, 0.1) is 0 Å². The van der Waals surface area contributed by atoms with Gasteiger partial charge in [-0.2, -0.15) is 0 Å². The fourth-order valence-corrected chi connectivity index (χ4v) is 9.88. The molecule has 0 bridgehead atoms. The van der Waals surface area contributed by atoms with Crippen molar-refractivity contribution in [1.82, 2.24) is 5.32 Å². The molecule has 0 aliphatic carbocycles. The SMILES string of the molecule is CCCCCCCCCCCCCCCCCCCCCCCCCCCCCCCCCCCCCCCC(O)CC(=O)NC(CO)C(O)CCCCCCCCCCCCCC. The highest BCUT2D eigenvalue weighted by molar-refractivity contribution is 5.76. The van der Waals surface area contributed by atoms with Crippen LogP contribution in [0.3, 0.4) is 0 Å². The van der Waals surface area contributed by atoms with Crippen molar-refractivity contribution in [2.75, 3.05) is 6.61 Å². The molecule has 0 aromatic heterocycles. The van der Waals surface area contributed by atoms with Crippen LogP contribution < -0.4 is 5.32 Å². The van der Waals surface area contributed by atoms with Crippen LogP contribution in [0.1, 0.15) is 348 Å². The van der Waals surface area contributed by atoms with Gasteiger partial charge in [-0.3, -0.25) is 4.79 Å². The van der Waals surface area contributed by atoms with Gasteiger partial charge in [0.25, 0.3) is 0 Å². The highest BCUT2D eigenvalue weighted by atomic mass is 16.3. The molecule has 0 heterocycles. The van der Waals surface area contributed by atoms with Gasteiger partial charge in [0.2, 0.25) is 5.91 Å². The molecule has 5 nitrogen and oxygen atoms in total. The van der Waals surface area contributed by atoms with Crippen molar-refractivity contribution >= 4 is 5.91 Å². The third kappa shape index (κ3) is 50.8. The molecular formula is C59H119NO4. The first-order valence-electron chi connectivity index (χ1n) is 29.8. The Balaban J connectivity index is 3.37. The van der Waals surface area contributed by atoms with Crippen LogP contribution in [0.15, 0.2) is 0 Å². The predicted octanol–water partition coefficient (Wildman–Crippen LogP) is 18.5. The first-order valence-corrected chi connectivity index (χ1v) is 29.8. The van der Waals surface area contributed by atoms with Crippen molar-refractivity contribution in [3.05, 3.63) is 0 Å². The average Bonchev–Trinajstić information content (AvgIpc) is 3.29. The fraction of sp³-hybridized carbons (Fsp3) is 0.983. The lowest BCUT2D eigenvalue weighted by atomic mass is 10.0. The van der Waals surface area contributed by atoms with Crippen LogP contribution in [0.4, 0.5) is 0 Å². The molecule has 64 heavy (non-hydrogen) atoms. The standard InChI is InChI=1S/C59H119NO4/c1-3-5-7-9-11-13-15-17-18-19-20-21-22-23-24-25-26-27-28-29-30-31-32-33-34-35-36-37-38-39-40-41-42-44-46-48-50-52-56(62)54-59(64)60-57(55-61)58(63)53-51-49-47-45-43-16-14-12-10-8-6-4-2/h56-58,61-63H,3-55H2,1-2H3,(H,60,64). The van der Waals surface area contributed by atoms with Gasteiger partial charge in [0.15, 0.2) is 0 Å². The maximum absolute atomic E-state index is 12.5. The Morgan fingerprint density at radius 2 is 0.531 bits per heavy atom. The van der Waals surface area contributed by atoms with E-state index in [9.17, 15) is 20.1 Å². The summed E-state index contributed by atoms with van der Waals surface area (Å²) in [6.45, 7) is 4.29. The van der Waals surface area contributed by atoms with Crippen LogP contribution in [-0.2, 0) is 4.79 Å².